The van der Waals surface area contributed by atoms with E-state index in [0.29, 0.717) is 19.0 Å². The van der Waals surface area contributed by atoms with Crippen molar-refractivity contribution < 1.29 is 14.6 Å². The molecule has 1 atom stereocenters. The van der Waals surface area contributed by atoms with E-state index in [1.165, 1.54) is 0 Å². The molecule has 1 aromatic heterocycles. The average molecular weight is 368 g/mol. The Hall–Kier alpha value is -2.85. The van der Waals surface area contributed by atoms with Gasteiger partial charge in [0.05, 0.1) is 30.1 Å². The largest absolute Gasteiger partial charge is 0.509 e. The maximum absolute atomic E-state index is 12.0. The Morgan fingerprint density at radius 2 is 2.22 bits per heavy atom. The van der Waals surface area contributed by atoms with Gasteiger partial charge in [0.15, 0.2) is 5.82 Å². The summed E-state index contributed by atoms with van der Waals surface area (Å²) in [5.74, 6) is 0.0323. The van der Waals surface area contributed by atoms with Gasteiger partial charge in [0, 0.05) is 13.6 Å². The molecule has 2 aromatic rings. The molecule has 1 fully saturated rings. The molecule has 2 heterocycles. The van der Waals surface area contributed by atoms with E-state index >= 15 is 0 Å². The van der Waals surface area contributed by atoms with Gasteiger partial charge in [-0.05, 0) is 38.4 Å². The molecular formula is C20H24N4O3. The number of carbonyl (C=O) groups is 1. The Kier molecular flexibility index (Phi) is 5.77. The number of likely N-dealkylation sites (tertiary alicyclic amines) is 1. The number of benzene rings is 1. The first kappa shape index (κ1) is 18.9. The zero-order valence-electron chi connectivity index (χ0n) is 15.7. The number of para-hydroxylation sites is 2. The van der Waals surface area contributed by atoms with Crippen molar-refractivity contribution in [3.05, 3.63) is 35.8 Å². The topological polar surface area (TPSA) is 91.4 Å². The Labute approximate surface area is 158 Å². The fraction of sp³-hybridized carbons (Fsp3) is 0.450. The number of fused-ring (bicyclic) bond motifs is 1. The van der Waals surface area contributed by atoms with Gasteiger partial charge in [0.1, 0.15) is 17.4 Å². The molecule has 142 valence electrons. The molecule has 0 saturated carbocycles. The highest BCUT2D eigenvalue weighted by molar-refractivity contribution is 5.83. The SMILES string of the molecule is CCOC(=O)[C@@H]1CCCN(C/C(O)=C(\C#N)c2nc3ccccc3n2C)C1. The van der Waals surface area contributed by atoms with Gasteiger partial charge in [-0.1, -0.05) is 12.1 Å². The number of aliphatic hydroxyl groups is 1. The average Bonchev–Trinajstić information content (AvgIpc) is 3.00. The number of hydrogen-bond donors (Lipinski definition) is 1. The number of carbonyl (C=O) groups excluding carboxylic acids is 1. The fourth-order valence-corrected chi connectivity index (χ4v) is 3.56. The smallest absolute Gasteiger partial charge is 0.310 e. The second-order valence-electron chi connectivity index (χ2n) is 6.74. The maximum atomic E-state index is 12.0. The lowest BCUT2D eigenvalue weighted by atomic mass is 9.98. The number of aromatic nitrogens is 2. The first-order valence-corrected chi connectivity index (χ1v) is 9.18. The minimum Gasteiger partial charge on any atom is -0.509 e. The summed E-state index contributed by atoms with van der Waals surface area (Å²) < 4.78 is 6.92. The van der Waals surface area contributed by atoms with Crippen molar-refractivity contribution in [3.63, 3.8) is 0 Å². The molecule has 1 aliphatic rings. The number of rotatable bonds is 5. The number of piperidine rings is 1. The summed E-state index contributed by atoms with van der Waals surface area (Å²) in [7, 11) is 1.83. The van der Waals surface area contributed by atoms with Crippen molar-refractivity contribution >= 4 is 22.6 Å². The van der Waals surface area contributed by atoms with Crippen LogP contribution in [0.3, 0.4) is 0 Å². The number of esters is 1. The minimum atomic E-state index is -0.193. The van der Waals surface area contributed by atoms with Crippen molar-refractivity contribution in [3.8, 4) is 6.07 Å². The van der Waals surface area contributed by atoms with Gasteiger partial charge in [-0.15, -0.1) is 0 Å². The number of imidazole rings is 1. The molecule has 0 bridgehead atoms. The van der Waals surface area contributed by atoms with Crippen LogP contribution < -0.4 is 0 Å². The lowest BCUT2D eigenvalue weighted by Crippen LogP contribution is -2.40. The van der Waals surface area contributed by atoms with E-state index in [1.54, 1.807) is 6.92 Å². The summed E-state index contributed by atoms with van der Waals surface area (Å²) in [6.07, 6.45) is 1.64. The summed E-state index contributed by atoms with van der Waals surface area (Å²) in [6.45, 7) is 3.65. The lowest BCUT2D eigenvalue weighted by molar-refractivity contribution is -0.149. The molecule has 0 amide bonds. The Bertz CT molecular complexity index is 910. The molecule has 1 N–H and O–H groups in total. The van der Waals surface area contributed by atoms with E-state index in [1.807, 2.05) is 40.8 Å². The predicted molar refractivity (Wildman–Crippen MR) is 102 cm³/mol. The van der Waals surface area contributed by atoms with E-state index in [9.17, 15) is 15.2 Å². The zero-order chi connectivity index (χ0) is 19.4. The maximum Gasteiger partial charge on any atom is 0.310 e. The third-order valence-corrected chi connectivity index (χ3v) is 4.91. The molecule has 7 heteroatoms. The quantitative estimate of drug-likeness (QED) is 0.496. The summed E-state index contributed by atoms with van der Waals surface area (Å²) >= 11 is 0. The highest BCUT2D eigenvalue weighted by atomic mass is 16.5. The van der Waals surface area contributed by atoms with Gasteiger partial charge in [-0.2, -0.15) is 5.26 Å². The van der Waals surface area contributed by atoms with Crippen LogP contribution in [0.2, 0.25) is 0 Å². The number of ether oxygens (including phenoxy) is 1. The summed E-state index contributed by atoms with van der Waals surface area (Å²) in [6, 6.07) is 9.69. The molecule has 1 aromatic carbocycles. The monoisotopic (exact) mass is 368 g/mol. The first-order valence-electron chi connectivity index (χ1n) is 9.18. The minimum absolute atomic E-state index is 0.0274. The highest BCUT2D eigenvalue weighted by Crippen LogP contribution is 2.24. The molecule has 0 unspecified atom stereocenters. The molecule has 0 radical (unpaired) electrons. The van der Waals surface area contributed by atoms with Gasteiger partial charge in [0.2, 0.25) is 0 Å². The zero-order valence-corrected chi connectivity index (χ0v) is 15.7. The second-order valence-corrected chi connectivity index (χ2v) is 6.74. The Morgan fingerprint density at radius 3 is 2.93 bits per heavy atom. The van der Waals surface area contributed by atoms with Crippen LogP contribution in [0.15, 0.2) is 30.0 Å². The molecule has 0 aliphatic carbocycles. The number of nitriles is 1. The Balaban J connectivity index is 1.82. The number of nitrogens with zero attached hydrogens (tertiary/aromatic N) is 4. The third kappa shape index (κ3) is 3.96. The van der Waals surface area contributed by atoms with Gasteiger partial charge < -0.3 is 14.4 Å². The van der Waals surface area contributed by atoms with Gasteiger partial charge in [0.25, 0.3) is 0 Å². The first-order chi connectivity index (χ1) is 13.0. The van der Waals surface area contributed by atoms with Crippen LogP contribution in [0.1, 0.15) is 25.6 Å². The van der Waals surface area contributed by atoms with E-state index in [0.717, 1.165) is 30.4 Å². The van der Waals surface area contributed by atoms with Gasteiger partial charge >= 0.3 is 5.97 Å². The number of aliphatic hydroxyl groups excluding tert-OH is 1. The van der Waals surface area contributed by atoms with Gasteiger partial charge in [-0.3, -0.25) is 9.69 Å². The van der Waals surface area contributed by atoms with E-state index in [2.05, 4.69) is 11.1 Å². The van der Waals surface area contributed by atoms with Crippen LogP contribution in [0.4, 0.5) is 0 Å². The number of aryl methyl sites for hydroxylation is 1. The van der Waals surface area contributed by atoms with Crippen LogP contribution >= 0.6 is 0 Å². The highest BCUT2D eigenvalue weighted by Gasteiger charge is 2.28. The third-order valence-electron chi connectivity index (χ3n) is 4.91. The summed E-state index contributed by atoms with van der Waals surface area (Å²) in [4.78, 5) is 18.5. The summed E-state index contributed by atoms with van der Waals surface area (Å²) in [5, 5.41) is 20.3. The standard InChI is InChI=1S/C20H24N4O3/c1-3-27-20(26)14-7-6-10-24(12-14)13-18(25)15(11-21)19-22-16-8-4-5-9-17(16)23(19)2/h4-5,8-9,14,25H,3,6-7,10,12-13H2,1-2H3/b18-15-/t14-/m1/s1. The fourth-order valence-electron chi connectivity index (χ4n) is 3.56. The number of allylic oxidation sites excluding steroid dienone is 1. The molecule has 3 rings (SSSR count). The molecule has 0 spiro atoms. The van der Waals surface area contributed by atoms with Crippen LogP contribution in [-0.2, 0) is 16.6 Å². The van der Waals surface area contributed by atoms with E-state index < -0.39 is 0 Å². The van der Waals surface area contributed by atoms with E-state index in [-0.39, 0.29) is 29.8 Å². The van der Waals surface area contributed by atoms with Crippen molar-refractivity contribution in [1.82, 2.24) is 14.5 Å². The number of hydrogen-bond acceptors (Lipinski definition) is 6. The molecule has 1 saturated heterocycles. The normalized spacial score (nSPS) is 18.8. The van der Waals surface area contributed by atoms with Crippen LogP contribution in [0.25, 0.3) is 16.6 Å². The lowest BCUT2D eigenvalue weighted by Gasteiger charge is -2.31. The van der Waals surface area contributed by atoms with Crippen LogP contribution in [-0.4, -0.2) is 51.8 Å². The predicted octanol–water partition coefficient (Wildman–Crippen LogP) is 2.64. The van der Waals surface area contributed by atoms with Crippen molar-refractivity contribution in [1.29, 1.82) is 5.26 Å². The molecule has 1 aliphatic heterocycles. The Morgan fingerprint density at radius 1 is 1.44 bits per heavy atom. The second kappa shape index (κ2) is 8.23. The van der Waals surface area contributed by atoms with Gasteiger partial charge in [-0.25, -0.2) is 4.98 Å². The van der Waals surface area contributed by atoms with Crippen molar-refractivity contribution in [2.24, 2.45) is 13.0 Å². The molecule has 27 heavy (non-hydrogen) atoms. The van der Waals surface area contributed by atoms with Crippen molar-refractivity contribution in [2.75, 3.05) is 26.2 Å². The summed E-state index contributed by atoms with van der Waals surface area (Å²) in [5.41, 5.74) is 1.83. The molecular weight excluding hydrogens is 344 g/mol. The van der Waals surface area contributed by atoms with Crippen LogP contribution in [0, 0.1) is 17.2 Å². The van der Waals surface area contributed by atoms with Crippen molar-refractivity contribution in [2.45, 2.75) is 19.8 Å². The van der Waals surface area contributed by atoms with E-state index in [4.69, 9.17) is 4.74 Å². The molecule has 7 nitrogen and oxygen atoms in total. The van der Waals surface area contributed by atoms with Crippen LogP contribution in [0.5, 0.6) is 0 Å².